The van der Waals surface area contributed by atoms with E-state index in [1.807, 2.05) is 13.2 Å². The van der Waals surface area contributed by atoms with Crippen molar-refractivity contribution in [2.75, 3.05) is 6.26 Å². The fourth-order valence-corrected chi connectivity index (χ4v) is 2.74. The number of aryl methyl sites for hydroxylation is 1. The number of thioether (sulfide) groups is 1. The highest BCUT2D eigenvalue weighted by Crippen LogP contribution is 2.31. The minimum absolute atomic E-state index is 0.0302. The summed E-state index contributed by atoms with van der Waals surface area (Å²) in [5.41, 5.74) is 2.06. The van der Waals surface area contributed by atoms with Gasteiger partial charge in [-0.05, 0) is 25.3 Å². The van der Waals surface area contributed by atoms with E-state index in [1.54, 1.807) is 24.3 Å². The van der Waals surface area contributed by atoms with E-state index in [1.165, 1.54) is 22.3 Å². The molecule has 0 aliphatic rings. The van der Waals surface area contributed by atoms with Gasteiger partial charge in [0.1, 0.15) is 5.82 Å². The molecule has 0 bridgehead atoms. The van der Waals surface area contributed by atoms with Crippen LogP contribution in [-0.2, 0) is 0 Å². The van der Waals surface area contributed by atoms with E-state index >= 15 is 0 Å². The number of aromatic hydroxyl groups is 1. The van der Waals surface area contributed by atoms with E-state index in [9.17, 15) is 9.50 Å². The Morgan fingerprint density at radius 1 is 1.30 bits per heavy atom. The maximum absolute atomic E-state index is 13.8. The highest BCUT2D eigenvalue weighted by Gasteiger charge is 2.15. The molecule has 4 nitrogen and oxygen atoms in total. The predicted molar refractivity (Wildman–Crippen MR) is 76.6 cm³/mol. The summed E-state index contributed by atoms with van der Waals surface area (Å²) in [6.45, 7) is 1.82. The summed E-state index contributed by atoms with van der Waals surface area (Å²) in [5, 5.41) is 14.4. The standard InChI is InChI=1S/C14H12FN3OS/c1-8-13(20-2)14(19)18-12(16-8)7-11(17-18)9-5-3-4-6-10(9)15/h3-7,19H,1-2H3. The predicted octanol–water partition coefficient (Wildman–Crippen LogP) is 3.27. The van der Waals surface area contributed by atoms with Crippen LogP contribution in [0.3, 0.4) is 0 Å². The molecule has 0 saturated carbocycles. The van der Waals surface area contributed by atoms with Crippen LogP contribution < -0.4 is 0 Å². The first-order chi connectivity index (χ1) is 9.61. The van der Waals surface area contributed by atoms with E-state index in [-0.39, 0.29) is 11.7 Å². The minimum Gasteiger partial charge on any atom is -0.492 e. The molecule has 0 unspecified atom stereocenters. The lowest BCUT2D eigenvalue weighted by atomic mass is 10.1. The number of fused-ring (bicyclic) bond motifs is 1. The van der Waals surface area contributed by atoms with Crippen molar-refractivity contribution in [3.05, 3.63) is 41.8 Å². The molecule has 0 fully saturated rings. The van der Waals surface area contributed by atoms with Gasteiger partial charge >= 0.3 is 0 Å². The molecule has 1 aromatic carbocycles. The molecule has 20 heavy (non-hydrogen) atoms. The largest absolute Gasteiger partial charge is 0.492 e. The summed E-state index contributed by atoms with van der Waals surface area (Å²) >= 11 is 1.40. The minimum atomic E-state index is -0.350. The van der Waals surface area contributed by atoms with Gasteiger partial charge in [-0.15, -0.1) is 11.8 Å². The topological polar surface area (TPSA) is 50.4 Å². The van der Waals surface area contributed by atoms with Crippen LogP contribution in [0.5, 0.6) is 5.88 Å². The van der Waals surface area contributed by atoms with Crippen LogP contribution >= 0.6 is 11.8 Å². The average molecular weight is 289 g/mol. The van der Waals surface area contributed by atoms with Crippen LogP contribution in [0, 0.1) is 12.7 Å². The van der Waals surface area contributed by atoms with Crippen molar-refractivity contribution in [3.8, 4) is 17.1 Å². The smallest absolute Gasteiger partial charge is 0.229 e. The van der Waals surface area contributed by atoms with E-state index in [2.05, 4.69) is 10.1 Å². The molecule has 6 heteroatoms. The maximum atomic E-state index is 13.8. The van der Waals surface area contributed by atoms with E-state index in [0.29, 0.717) is 21.8 Å². The molecule has 0 atom stereocenters. The number of hydrogen-bond donors (Lipinski definition) is 1. The second kappa shape index (κ2) is 4.79. The fourth-order valence-electron chi connectivity index (χ4n) is 2.13. The van der Waals surface area contributed by atoms with Crippen molar-refractivity contribution in [2.45, 2.75) is 11.8 Å². The van der Waals surface area contributed by atoms with Crippen molar-refractivity contribution < 1.29 is 9.50 Å². The van der Waals surface area contributed by atoms with Crippen molar-refractivity contribution in [1.29, 1.82) is 0 Å². The zero-order valence-electron chi connectivity index (χ0n) is 11.0. The van der Waals surface area contributed by atoms with Crippen molar-refractivity contribution >= 4 is 17.4 Å². The molecular weight excluding hydrogens is 277 g/mol. The number of nitrogens with zero attached hydrogens (tertiary/aromatic N) is 3. The van der Waals surface area contributed by atoms with Crippen LogP contribution in [0.25, 0.3) is 16.9 Å². The highest BCUT2D eigenvalue weighted by atomic mass is 32.2. The maximum Gasteiger partial charge on any atom is 0.229 e. The highest BCUT2D eigenvalue weighted by molar-refractivity contribution is 7.98. The molecule has 102 valence electrons. The number of aromatic nitrogens is 3. The molecule has 0 aliphatic heterocycles. The summed E-state index contributed by atoms with van der Waals surface area (Å²) in [7, 11) is 0. The first-order valence-corrected chi connectivity index (χ1v) is 7.22. The van der Waals surface area contributed by atoms with E-state index < -0.39 is 0 Å². The van der Waals surface area contributed by atoms with Gasteiger partial charge in [-0.1, -0.05) is 12.1 Å². The quantitative estimate of drug-likeness (QED) is 0.736. The summed E-state index contributed by atoms with van der Waals surface area (Å²) < 4.78 is 15.1. The van der Waals surface area contributed by atoms with Crippen molar-refractivity contribution in [2.24, 2.45) is 0 Å². The third kappa shape index (κ3) is 1.92. The first kappa shape index (κ1) is 12.9. The Kier molecular flexibility index (Phi) is 3.10. The SMILES string of the molecule is CSc1c(C)nc2cc(-c3ccccc3F)nn2c1O. The molecule has 0 aliphatic carbocycles. The van der Waals surface area contributed by atoms with E-state index in [4.69, 9.17) is 0 Å². The number of rotatable bonds is 2. The third-order valence-corrected chi connectivity index (χ3v) is 3.95. The molecule has 0 amide bonds. The fraction of sp³-hybridized carbons (Fsp3) is 0.143. The molecule has 2 heterocycles. The van der Waals surface area contributed by atoms with Crippen LogP contribution in [-0.4, -0.2) is 26.0 Å². The first-order valence-electron chi connectivity index (χ1n) is 6.00. The number of halogens is 1. The van der Waals surface area contributed by atoms with E-state index in [0.717, 1.165) is 5.69 Å². The molecule has 0 spiro atoms. The summed E-state index contributed by atoms with van der Waals surface area (Å²) in [5.74, 6) is -0.320. The molecule has 1 N–H and O–H groups in total. The lowest BCUT2D eigenvalue weighted by Crippen LogP contribution is -1.96. The Bertz CT molecular complexity index is 800. The zero-order chi connectivity index (χ0) is 14.3. The van der Waals surface area contributed by atoms with Crippen LogP contribution in [0.4, 0.5) is 4.39 Å². The van der Waals surface area contributed by atoms with Crippen molar-refractivity contribution in [1.82, 2.24) is 14.6 Å². The second-order valence-corrected chi connectivity index (χ2v) is 5.15. The summed E-state index contributed by atoms with van der Waals surface area (Å²) in [6, 6.07) is 8.06. The molecule has 0 saturated heterocycles. The van der Waals surface area contributed by atoms with Crippen LogP contribution in [0.2, 0.25) is 0 Å². The van der Waals surface area contributed by atoms with Crippen LogP contribution in [0.1, 0.15) is 5.69 Å². The van der Waals surface area contributed by atoms with Gasteiger partial charge in [0.2, 0.25) is 5.88 Å². The Labute approximate surface area is 119 Å². The Morgan fingerprint density at radius 3 is 2.75 bits per heavy atom. The summed E-state index contributed by atoms with van der Waals surface area (Å²) in [6.07, 6.45) is 1.86. The number of benzene rings is 1. The molecule has 3 aromatic rings. The zero-order valence-corrected chi connectivity index (χ0v) is 11.8. The molecular formula is C14H12FN3OS. The number of hydrogen-bond acceptors (Lipinski definition) is 4. The van der Waals surface area contributed by atoms with Gasteiger partial charge in [0, 0.05) is 11.6 Å². The Hall–Kier alpha value is -2.08. The van der Waals surface area contributed by atoms with Gasteiger partial charge < -0.3 is 5.11 Å². The van der Waals surface area contributed by atoms with Gasteiger partial charge in [-0.2, -0.15) is 9.61 Å². The molecule has 0 radical (unpaired) electrons. The monoisotopic (exact) mass is 289 g/mol. The third-order valence-electron chi connectivity index (χ3n) is 3.06. The Balaban J connectivity index is 2.26. The average Bonchev–Trinajstić information content (AvgIpc) is 2.83. The lowest BCUT2D eigenvalue weighted by molar-refractivity contribution is 0.420. The van der Waals surface area contributed by atoms with Crippen LogP contribution in [0.15, 0.2) is 35.2 Å². The van der Waals surface area contributed by atoms with Gasteiger partial charge in [0.15, 0.2) is 5.65 Å². The van der Waals surface area contributed by atoms with Gasteiger partial charge in [0.05, 0.1) is 16.3 Å². The Morgan fingerprint density at radius 2 is 2.05 bits per heavy atom. The lowest BCUT2D eigenvalue weighted by Gasteiger charge is -2.05. The van der Waals surface area contributed by atoms with Crippen molar-refractivity contribution in [3.63, 3.8) is 0 Å². The molecule has 2 aromatic heterocycles. The van der Waals surface area contributed by atoms with Gasteiger partial charge in [-0.3, -0.25) is 0 Å². The molecule has 3 rings (SSSR count). The van der Waals surface area contributed by atoms with Gasteiger partial charge in [-0.25, -0.2) is 9.37 Å². The summed E-state index contributed by atoms with van der Waals surface area (Å²) in [4.78, 5) is 5.05. The normalized spacial score (nSPS) is 11.2. The van der Waals surface area contributed by atoms with Gasteiger partial charge in [0.25, 0.3) is 0 Å². The second-order valence-electron chi connectivity index (χ2n) is 4.33.